The Balaban J connectivity index is 2.38. The van der Waals surface area contributed by atoms with Gasteiger partial charge in [0.25, 0.3) is 5.91 Å². The maximum atomic E-state index is 12.4. The largest absolute Gasteiger partial charge is 0.480 e. The monoisotopic (exact) mass is 290 g/mol. The van der Waals surface area contributed by atoms with Crippen molar-refractivity contribution in [2.45, 2.75) is 0 Å². The lowest BCUT2D eigenvalue weighted by Gasteiger charge is -2.21. The zero-order valence-electron chi connectivity index (χ0n) is 10.4. The van der Waals surface area contributed by atoms with Crippen molar-refractivity contribution in [3.05, 3.63) is 59.4 Å². The zero-order valence-corrected chi connectivity index (χ0v) is 11.1. The van der Waals surface area contributed by atoms with Crippen LogP contribution in [0.1, 0.15) is 10.4 Å². The van der Waals surface area contributed by atoms with E-state index in [9.17, 15) is 9.59 Å². The van der Waals surface area contributed by atoms with Gasteiger partial charge in [-0.1, -0.05) is 17.7 Å². The van der Waals surface area contributed by atoms with Crippen LogP contribution in [0.3, 0.4) is 0 Å². The molecular weight excluding hydrogens is 280 g/mol. The molecule has 0 saturated carbocycles. The minimum atomic E-state index is -1.11. The van der Waals surface area contributed by atoms with E-state index in [0.717, 1.165) is 4.90 Å². The summed E-state index contributed by atoms with van der Waals surface area (Å²) in [4.78, 5) is 28.3. The molecular formula is C14H11ClN2O3. The second-order valence-electron chi connectivity index (χ2n) is 4.01. The Morgan fingerprint density at radius 3 is 2.65 bits per heavy atom. The van der Waals surface area contributed by atoms with E-state index in [1.165, 1.54) is 12.4 Å². The Morgan fingerprint density at radius 1 is 1.25 bits per heavy atom. The molecule has 1 aromatic heterocycles. The molecule has 1 N–H and O–H groups in total. The molecule has 0 bridgehead atoms. The Hall–Kier alpha value is -2.40. The second kappa shape index (κ2) is 6.16. The van der Waals surface area contributed by atoms with Crippen molar-refractivity contribution in [2.24, 2.45) is 0 Å². The van der Waals surface area contributed by atoms with Crippen molar-refractivity contribution < 1.29 is 14.7 Å². The average molecular weight is 291 g/mol. The Bertz CT molecular complexity index is 631. The highest BCUT2D eigenvalue weighted by atomic mass is 35.5. The van der Waals surface area contributed by atoms with E-state index in [1.807, 2.05) is 0 Å². The molecule has 1 amide bonds. The van der Waals surface area contributed by atoms with Crippen molar-refractivity contribution in [1.29, 1.82) is 0 Å². The molecule has 5 nitrogen and oxygen atoms in total. The van der Waals surface area contributed by atoms with Gasteiger partial charge in [0, 0.05) is 23.1 Å². The summed E-state index contributed by atoms with van der Waals surface area (Å²) in [6, 6.07) is 9.67. The third-order valence-electron chi connectivity index (χ3n) is 2.57. The molecule has 0 spiro atoms. The number of aromatic nitrogens is 1. The lowest BCUT2D eigenvalue weighted by molar-refractivity contribution is -0.135. The van der Waals surface area contributed by atoms with Crippen molar-refractivity contribution in [2.75, 3.05) is 11.4 Å². The van der Waals surface area contributed by atoms with Gasteiger partial charge in [-0.3, -0.25) is 19.5 Å². The number of carboxylic acid groups (broad SMARTS) is 1. The Labute approximate surface area is 120 Å². The van der Waals surface area contributed by atoms with E-state index in [2.05, 4.69) is 4.98 Å². The molecule has 102 valence electrons. The SMILES string of the molecule is O=C(O)CN(C(=O)c1cccnc1)c1cccc(Cl)c1. The molecule has 0 fully saturated rings. The number of benzene rings is 1. The number of anilines is 1. The number of halogens is 1. The first-order valence-electron chi connectivity index (χ1n) is 5.77. The summed E-state index contributed by atoms with van der Waals surface area (Å²) in [5.41, 5.74) is 0.738. The number of carbonyl (C=O) groups is 2. The van der Waals surface area contributed by atoms with Gasteiger partial charge >= 0.3 is 5.97 Å². The lowest BCUT2D eigenvalue weighted by atomic mass is 10.2. The van der Waals surface area contributed by atoms with Gasteiger partial charge in [-0.25, -0.2) is 0 Å². The molecule has 20 heavy (non-hydrogen) atoms. The van der Waals surface area contributed by atoms with E-state index in [1.54, 1.807) is 36.4 Å². The van der Waals surface area contributed by atoms with Gasteiger partial charge in [0.05, 0.1) is 5.56 Å². The average Bonchev–Trinajstić information content (AvgIpc) is 2.45. The minimum absolute atomic E-state index is 0.314. The number of hydrogen-bond acceptors (Lipinski definition) is 3. The van der Waals surface area contributed by atoms with Crippen LogP contribution in [0, 0.1) is 0 Å². The van der Waals surface area contributed by atoms with Crippen LogP contribution in [0.2, 0.25) is 5.02 Å². The number of carboxylic acids is 1. The first-order chi connectivity index (χ1) is 9.58. The summed E-state index contributed by atoms with van der Waals surface area (Å²) in [5.74, 6) is -1.55. The molecule has 0 saturated heterocycles. The Kier molecular flexibility index (Phi) is 4.32. The van der Waals surface area contributed by atoms with Gasteiger partial charge in [-0.05, 0) is 30.3 Å². The maximum absolute atomic E-state index is 12.4. The third kappa shape index (κ3) is 3.33. The lowest BCUT2D eigenvalue weighted by Crippen LogP contribution is -2.35. The Morgan fingerprint density at radius 2 is 2.05 bits per heavy atom. The van der Waals surface area contributed by atoms with Gasteiger partial charge < -0.3 is 5.11 Å². The van der Waals surface area contributed by atoms with Crippen molar-refractivity contribution in [3.8, 4) is 0 Å². The normalized spacial score (nSPS) is 10.1. The third-order valence-corrected chi connectivity index (χ3v) is 2.80. The predicted octanol–water partition coefficient (Wildman–Crippen LogP) is 2.47. The van der Waals surface area contributed by atoms with E-state index in [-0.39, 0.29) is 0 Å². The number of nitrogens with zero attached hydrogens (tertiary/aromatic N) is 2. The summed E-state index contributed by atoms with van der Waals surface area (Å²) >= 11 is 5.88. The quantitative estimate of drug-likeness (QED) is 0.939. The molecule has 0 radical (unpaired) electrons. The van der Waals surface area contributed by atoms with Crippen LogP contribution in [-0.2, 0) is 4.79 Å². The fraction of sp³-hybridized carbons (Fsp3) is 0.0714. The smallest absolute Gasteiger partial charge is 0.323 e. The molecule has 6 heteroatoms. The summed E-state index contributed by atoms with van der Waals surface area (Å²) in [6.45, 7) is -0.450. The van der Waals surface area contributed by atoms with Gasteiger partial charge in [0.1, 0.15) is 6.54 Å². The topological polar surface area (TPSA) is 70.5 Å². The minimum Gasteiger partial charge on any atom is -0.480 e. The number of aliphatic carboxylic acids is 1. The molecule has 0 aliphatic heterocycles. The summed E-state index contributed by atoms with van der Waals surface area (Å²) < 4.78 is 0. The van der Waals surface area contributed by atoms with Crippen LogP contribution >= 0.6 is 11.6 Å². The highest BCUT2D eigenvalue weighted by molar-refractivity contribution is 6.31. The molecule has 0 atom stereocenters. The zero-order chi connectivity index (χ0) is 14.5. The van der Waals surface area contributed by atoms with Gasteiger partial charge in [-0.2, -0.15) is 0 Å². The summed E-state index contributed by atoms with van der Waals surface area (Å²) in [5, 5.41) is 9.40. The van der Waals surface area contributed by atoms with Gasteiger partial charge in [-0.15, -0.1) is 0 Å². The number of amides is 1. The number of pyridine rings is 1. The molecule has 1 heterocycles. The van der Waals surface area contributed by atoms with Crippen LogP contribution < -0.4 is 4.90 Å². The van der Waals surface area contributed by atoms with Crippen molar-refractivity contribution in [3.63, 3.8) is 0 Å². The molecule has 2 aromatic rings. The number of carbonyl (C=O) groups excluding carboxylic acids is 1. The number of rotatable bonds is 4. The fourth-order valence-electron chi connectivity index (χ4n) is 1.70. The van der Waals surface area contributed by atoms with Crippen LogP contribution in [-0.4, -0.2) is 28.5 Å². The highest BCUT2D eigenvalue weighted by Crippen LogP contribution is 2.21. The molecule has 1 aromatic carbocycles. The van der Waals surface area contributed by atoms with Crippen LogP contribution in [0.15, 0.2) is 48.8 Å². The second-order valence-corrected chi connectivity index (χ2v) is 4.44. The van der Waals surface area contributed by atoms with E-state index in [4.69, 9.17) is 16.7 Å². The van der Waals surface area contributed by atoms with Crippen molar-refractivity contribution >= 4 is 29.2 Å². The molecule has 0 aliphatic rings. The highest BCUT2D eigenvalue weighted by Gasteiger charge is 2.20. The van der Waals surface area contributed by atoms with Gasteiger partial charge in [0.15, 0.2) is 0 Å². The molecule has 0 aliphatic carbocycles. The van der Waals surface area contributed by atoms with E-state index in [0.29, 0.717) is 16.3 Å². The fourth-order valence-corrected chi connectivity index (χ4v) is 1.89. The first kappa shape index (κ1) is 14.0. The van der Waals surface area contributed by atoms with Crippen LogP contribution in [0.25, 0.3) is 0 Å². The van der Waals surface area contributed by atoms with Gasteiger partial charge in [0.2, 0.25) is 0 Å². The van der Waals surface area contributed by atoms with Crippen LogP contribution in [0.4, 0.5) is 5.69 Å². The molecule has 0 unspecified atom stereocenters. The molecule has 2 rings (SSSR count). The standard InChI is InChI=1S/C14H11ClN2O3/c15-11-4-1-5-12(7-11)17(9-13(18)19)14(20)10-3-2-6-16-8-10/h1-8H,9H2,(H,18,19). The predicted molar refractivity (Wildman–Crippen MR) is 75.0 cm³/mol. The van der Waals surface area contributed by atoms with Crippen LogP contribution in [0.5, 0.6) is 0 Å². The summed E-state index contributed by atoms with van der Waals surface area (Å²) in [7, 11) is 0. The summed E-state index contributed by atoms with van der Waals surface area (Å²) in [6.07, 6.45) is 2.93. The van der Waals surface area contributed by atoms with Crippen molar-refractivity contribution in [1.82, 2.24) is 4.98 Å². The number of hydrogen-bond donors (Lipinski definition) is 1. The van der Waals surface area contributed by atoms with E-state index < -0.39 is 18.4 Å². The maximum Gasteiger partial charge on any atom is 0.323 e. The van der Waals surface area contributed by atoms with E-state index >= 15 is 0 Å². The first-order valence-corrected chi connectivity index (χ1v) is 6.15.